The Bertz CT molecular complexity index is 567. The normalized spacial score (nSPS) is 12.6. The molecule has 0 saturated carbocycles. The van der Waals surface area contributed by atoms with Crippen LogP contribution in [0.4, 0.5) is 0 Å². The first-order chi connectivity index (χ1) is 8.09. The SMILES string of the molecule is CC(O)Cc1ccccc1-n1ccn(C)c1=O. The van der Waals surface area contributed by atoms with Gasteiger partial charge < -0.3 is 9.67 Å². The van der Waals surface area contributed by atoms with Crippen molar-refractivity contribution in [2.45, 2.75) is 19.4 Å². The zero-order chi connectivity index (χ0) is 12.4. The monoisotopic (exact) mass is 232 g/mol. The molecule has 1 N–H and O–H groups in total. The van der Waals surface area contributed by atoms with Crippen molar-refractivity contribution in [1.82, 2.24) is 9.13 Å². The predicted octanol–water partition coefficient (Wildman–Crippen LogP) is 1.10. The molecule has 1 aromatic carbocycles. The van der Waals surface area contributed by atoms with Crippen LogP contribution < -0.4 is 5.69 Å². The van der Waals surface area contributed by atoms with Gasteiger partial charge in [-0.15, -0.1) is 0 Å². The lowest BCUT2D eigenvalue weighted by molar-refractivity contribution is 0.195. The van der Waals surface area contributed by atoms with Crippen molar-refractivity contribution in [3.05, 3.63) is 52.7 Å². The number of aryl methyl sites for hydroxylation is 1. The van der Waals surface area contributed by atoms with E-state index in [1.54, 1.807) is 30.9 Å². The highest BCUT2D eigenvalue weighted by Crippen LogP contribution is 2.14. The molecule has 2 aromatic rings. The summed E-state index contributed by atoms with van der Waals surface area (Å²) < 4.78 is 3.12. The molecule has 17 heavy (non-hydrogen) atoms. The maximum absolute atomic E-state index is 11.9. The Morgan fingerprint density at radius 1 is 1.29 bits per heavy atom. The molecule has 1 unspecified atom stereocenters. The molecule has 90 valence electrons. The third-order valence-corrected chi connectivity index (χ3v) is 2.71. The molecule has 0 fully saturated rings. The van der Waals surface area contributed by atoms with Gasteiger partial charge in [0.05, 0.1) is 11.8 Å². The van der Waals surface area contributed by atoms with E-state index in [2.05, 4.69) is 0 Å². The van der Waals surface area contributed by atoms with Crippen LogP contribution in [0.1, 0.15) is 12.5 Å². The molecule has 0 radical (unpaired) electrons. The topological polar surface area (TPSA) is 47.2 Å². The van der Waals surface area contributed by atoms with Gasteiger partial charge in [-0.05, 0) is 18.6 Å². The molecule has 0 aliphatic heterocycles. The average Bonchev–Trinajstić information content (AvgIpc) is 2.60. The number of imidazole rings is 1. The number of hydrogen-bond acceptors (Lipinski definition) is 2. The minimum Gasteiger partial charge on any atom is -0.393 e. The summed E-state index contributed by atoms with van der Waals surface area (Å²) in [6, 6.07) is 7.62. The lowest BCUT2D eigenvalue weighted by Gasteiger charge is -2.10. The van der Waals surface area contributed by atoms with Gasteiger partial charge in [0.25, 0.3) is 0 Å². The Kier molecular flexibility index (Phi) is 3.15. The number of aliphatic hydroxyl groups is 1. The van der Waals surface area contributed by atoms with Gasteiger partial charge in [-0.2, -0.15) is 0 Å². The molecule has 4 heteroatoms. The Balaban J connectivity index is 2.52. The lowest BCUT2D eigenvalue weighted by Crippen LogP contribution is -2.22. The van der Waals surface area contributed by atoms with E-state index in [-0.39, 0.29) is 5.69 Å². The summed E-state index contributed by atoms with van der Waals surface area (Å²) in [5, 5.41) is 9.46. The van der Waals surface area contributed by atoms with E-state index in [0.29, 0.717) is 6.42 Å². The first-order valence-corrected chi connectivity index (χ1v) is 5.60. The van der Waals surface area contributed by atoms with Gasteiger partial charge in [-0.25, -0.2) is 4.79 Å². The molecule has 0 spiro atoms. The third-order valence-electron chi connectivity index (χ3n) is 2.71. The Labute approximate surface area is 99.8 Å². The molecule has 1 heterocycles. The van der Waals surface area contributed by atoms with Gasteiger partial charge >= 0.3 is 5.69 Å². The molecule has 0 amide bonds. The largest absolute Gasteiger partial charge is 0.393 e. The molecule has 1 atom stereocenters. The fraction of sp³-hybridized carbons (Fsp3) is 0.308. The van der Waals surface area contributed by atoms with E-state index in [1.165, 1.54) is 4.57 Å². The van der Waals surface area contributed by atoms with Gasteiger partial charge in [0, 0.05) is 25.9 Å². The number of benzene rings is 1. The fourth-order valence-electron chi connectivity index (χ4n) is 1.88. The number of aromatic nitrogens is 2. The zero-order valence-corrected chi connectivity index (χ0v) is 10.00. The van der Waals surface area contributed by atoms with E-state index in [9.17, 15) is 9.90 Å². The minimum atomic E-state index is -0.421. The van der Waals surface area contributed by atoms with E-state index < -0.39 is 6.10 Å². The van der Waals surface area contributed by atoms with Crippen molar-refractivity contribution in [3.63, 3.8) is 0 Å². The second kappa shape index (κ2) is 4.59. The van der Waals surface area contributed by atoms with Crippen molar-refractivity contribution in [1.29, 1.82) is 0 Å². The van der Waals surface area contributed by atoms with Crippen LogP contribution in [-0.2, 0) is 13.5 Å². The van der Waals surface area contributed by atoms with Crippen LogP contribution in [0.15, 0.2) is 41.5 Å². The van der Waals surface area contributed by atoms with Crippen LogP contribution >= 0.6 is 0 Å². The maximum Gasteiger partial charge on any atom is 0.332 e. The molecule has 2 rings (SSSR count). The minimum absolute atomic E-state index is 0.0805. The molecular formula is C13H16N2O2. The van der Waals surface area contributed by atoms with Crippen molar-refractivity contribution in [3.8, 4) is 5.69 Å². The number of aliphatic hydroxyl groups excluding tert-OH is 1. The van der Waals surface area contributed by atoms with Crippen LogP contribution in [-0.4, -0.2) is 20.3 Å². The second-order valence-corrected chi connectivity index (χ2v) is 4.24. The summed E-state index contributed by atoms with van der Waals surface area (Å²) in [4.78, 5) is 11.9. The van der Waals surface area contributed by atoms with Crippen molar-refractivity contribution >= 4 is 0 Å². The highest BCUT2D eigenvalue weighted by molar-refractivity contribution is 5.41. The Morgan fingerprint density at radius 3 is 2.59 bits per heavy atom. The van der Waals surface area contributed by atoms with Crippen LogP contribution in [0.2, 0.25) is 0 Å². The van der Waals surface area contributed by atoms with Crippen molar-refractivity contribution < 1.29 is 5.11 Å². The van der Waals surface area contributed by atoms with Gasteiger partial charge in [0.1, 0.15) is 0 Å². The number of para-hydroxylation sites is 1. The van der Waals surface area contributed by atoms with Gasteiger partial charge in [-0.1, -0.05) is 18.2 Å². The van der Waals surface area contributed by atoms with Gasteiger partial charge in [0.15, 0.2) is 0 Å². The fourth-order valence-corrected chi connectivity index (χ4v) is 1.88. The number of nitrogens with zero attached hydrogens (tertiary/aromatic N) is 2. The highest BCUT2D eigenvalue weighted by Gasteiger charge is 2.09. The summed E-state index contributed by atoms with van der Waals surface area (Å²) >= 11 is 0. The van der Waals surface area contributed by atoms with Crippen LogP contribution in [0.3, 0.4) is 0 Å². The van der Waals surface area contributed by atoms with Crippen LogP contribution in [0.5, 0.6) is 0 Å². The Morgan fingerprint density at radius 2 is 2.00 bits per heavy atom. The van der Waals surface area contributed by atoms with E-state index >= 15 is 0 Å². The van der Waals surface area contributed by atoms with E-state index in [1.807, 2.05) is 24.3 Å². The highest BCUT2D eigenvalue weighted by atomic mass is 16.3. The standard InChI is InChI=1S/C13H16N2O2/c1-10(16)9-11-5-3-4-6-12(11)15-8-7-14(2)13(15)17/h3-8,10,16H,9H2,1-2H3. The van der Waals surface area contributed by atoms with E-state index in [0.717, 1.165) is 11.3 Å². The molecule has 0 aliphatic rings. The van der Waals surface area contributed by atoms with Crippen molar-refractivity contribution in [2.75, 3.05) is 0 Å². The third kappa shape index (κ3) is 2.31. The van der Waals surface area contributed by atoms with Gasteiger partial charge in [-0.3, -0.25) is 4.57 Å². The zero-order valence-electron chi connectivity index (χ0n) is 10.00. The van der Waals surface area contributed by atoms with E-state index in [4.69, 9.17) is 0 Å². The summed E-state index contributed by atoms with van der Waals surface area (Å²) in [5.74, 6) is 0. The molecule has 1 aromatic heterocycles. The molecular weight excluding hydrogens is 216 g/mol. The molecule has 0 bridgehead atoms. The maximum atomic E-state index is 11.9. The molecule has 0 saturated heterocycles. The summed E-state index contributed by atoms with van der Waals surface area (Å²) in [6.07, 6.45) is 3.58. The quantitative estimate of drug-likeness (QED) is 0.861. The average molecular weight is 232 g/mol. The first-order valence-electron chi connectivity index (χ1n) is 5.60. The lowest BCUT2D eigenvalue weighted by atomic mass is 10.1. The molecule has 4 nitrogen and oxygen atoms in total. The summed E-state index contributed by atoms with van der Waals surface area (Å²) in [7, 11) is 1.72. The number of hydrogen-bond donors (Lipinski definition) is 1. The Hall–Kier alpha value is -1.81. The van der Waals surface area contributed by atoms with Crippen LogP contribution in [0.25, 0.3) is 5.69 Å². The predicted molar refractivity (Wildman–Crippen MR) is 66.4 cm³/mol. The smallest absolute Gasteiger partial charge is 0.332 e. The summed E-state index contributed by atoms with van der Waals surface area (Å²) in [6.45, 7) is 1.74. The second-order valence-electron chi connectivity index (χ2n) is 4.24. The molecule has 0 aliphatic carbocycles. The first kappa shape index (κ1) is 11.7. The summed E-state index contributed by atoms with van der Waals surface area (Å²) in [5.41, 5.74) is 1.72. The number of rotatable bonds is 3. The van der Waals surface area contributed by atoms with Gasteiger partial charge in [0.2, 0.25) is 0 Å². The van der Waals surface area contributed by atoms with Crippen LogP contribution in [0, 0.1) is 0 Å². The van der Waals surface area contributed by atoms with Crippen molar-refractivity contribution in [2.24, 2.45) is 7.05 Å².